The second-order valence-electron chi connectivity index (χ2n) is 9.12. The minimum atomic E-state index is -0.462. The van der Waals surface area contributed by atoms with Crippen LogP contribution >= 0.6 is 0 Å². The van der Waals surface area contributed by atoms with Crippen molar-refractivity contribution >= 4 is 23.6 Å². The second kappa shape index (κ2) is 11.7. The van der Waals surface area contributed by atoms with Crippen molar-refractivity contribution in [2.45, 2.75) is 45.7 Å². The molecule has 1 atom stereocenters. The first-order chi connectivity index (χ1) is 17.5. The van der Waals surface area contributed by atoms with Crippen LogP contribution in [-0.2, 0) is 4.79 Å². The maximum Gasteiger partial charge on any atom is 0.253 e. The van der Waals surface area contributed by atoms with Crippen LogP contribution in [0.4, 0.5) is 5.69 Å². The largest absolute Gasteiger partial charge is 0.361 e. The number of nitrogens with zero attached hydrogens (tertiary/aromatic N) is 4. The fourth-order valence-corrected chi connectivity index (χ4v) is 4.73. The number of fused-ring (bicyclic) bond motifs is 1. The van der Waals surface area contributed by atoms with E-state index < -0.39 is 6.17 Å². The lowest BCUT2D eigenvalue weighted by Gasteiger charge is -2.20. The maximum absolute atomic E-state index is 13.3. The Morgan fingerprint density at radius 1 is 1.14 bits per heavy atom. The number of benzene rings is 2. The molecule has 1 unspecified atom stereocenters. The fraction of sp³-hybridized carbons (Fsp3) is 0.357. The molecule has 2 aromatic carbocycles. The zero-order valence-electron chi connectivity index (χ0n) is 21.0. The van der Waals surface area contributed by atoms with Crippen molar-refractivity contribution in [3.63, 3.8) is 0 Å². The van der Waals surface area contributed by atoms with Gasteiger partial charge in [-0.1, -0.05) is 42.5 Å². The third-order valence-corrected chi connectivity index (χ3v) is 6.51. The highest BCUT2D eigenvalue weighted by Crippen LogP contribution is 2.32. The molecule has 0 aliphatic carbocycles. The summed E-state index contributed by atoms with van der Waals surface area (Å²) in [5.41, 5.74) is 5.09. The SMILES string of the molecule is CC=CN(CCC)C(=O)C1=Cc2ccc(-c3ccc(C(=O)N4CCCC4)cc3)cc2NC(N=NN)C1. The highest BCUT2D eigenvalue weighted by molar-refractivity contribution is 6.00. The summed E-state index contributed by atoms with van der Waals surface area (Å²) in [4.78, 5) is 29.6. The van der Waals surface area contributed by atoms with Gasteiger partial charge in [-0.15, -0.1) is 5.11 Å². The zero-order chi connectivity index (χ0) is 25.5. The molecule has 1 fully saturated rings. The number of hydrogen-bond acceptors (Lipinski definition) is 5. The average molecular weight is 487 g/mol. The topological polar surface area (TPSA) is 103 Å². The van der Waals surface area contributed by atoms with E-state index in [-0.39, 0.29) is 11.8 Å². The van der Waals surface area contributed by atoms with Gasteiger partial charge in [-0.25, -0.2) is 0 Å². The van der Waals surface area contributed by atoms with Crippen LogP contribution in [0.1, 0.15) is 55.5 Å². The number of nitrogens with one attached hydrogen (secondary N) is 1. The van der Waals surface area contributed by atoms with Crippen LogP contribution in [0.3, 0.4) is 0 Å². The predicted octanol–water partition coefficient (Wildman–Crippen LogP) is 5.21. The summed E-state index contributed by atoms with van der Waals surface area (Å²) in [6.45, 7) is 6.25. The zero-order valence-corrected chi connectivity index (χ0v) is 21.0. The number of hydrogen-bond donors (Lipinski definition) is 2. The Kier molecular flexibility index (Phi) is 8.15. The van der Waals surface area contributed by atoms with Gasteiger partial charge in [0, 0.05) is 49.1 Å². The van der Waals surface area contributed by atoms with Crippen molar-refractivity contribution in [1.29, 1.82) is 0 Å². The van der Waals surface area contributed by atoms with Crippen LogP contribution in [0.5, 0.6) is 0 Å². The fourth-order valence-electron chi connectivity index (χ4n) is 4.73. The lowest BCUT2D eigenvalue weighted by molar-refractivity contribution is -0.124. The molecule has 0 bridgehead atoms. The monoisotopic (exact) mass is 486 g/mol. The summed E-state index contributed by atoms with van der Waals surface area (Å²) in [6.07, 6.45) is 8.51. The predicted molar refractivity (Wildman–Crippen MR) is 143 cm³/mol. The van der Waals surface area contributed by atoms with Crippen LogP contribution in [0, 0.1) is 0 Å². The van der Waals surface area contributed by atoms with E-state index >= 15 is 0 Å². The van der Waals surface area contributed by atoms with E-state index in [1.807, 2.05) is 79.6 Å². The molecular weight excluding hydrogens is 452 g/mol. The molecule has 0 saturated carbocycles. The van der Waals surface area contributed by atoms with Gasteiger partial charge in [0.05, 0.1) is 0 Å². The van der Waals surface area contributed by atoms with Crippen molar-refractivity contribution in [1.82, 2.24) is 9.80 Å². The summed E-state index contributed by atoms with van der Waals surface area (Å²) in [5, 5.41) is 11.0. The van der Waals surface area contributed by atoms with Gasteiger partial charge in [0.25, 0.3) is 11.8 Å². The molecule has 2 aliphatic heterocycles. The molecule has 2 heterocycles. The minimum absolute atomic E-state index is 0.0517. The lowest BCUT2D eigenvalue weighted by atomic mass is 10.00. The van der Waals surface area contributed by atoms with Crippen LogP contribution in [0.15, 0.2) is 70.7 Å². The van der Waals surface area contributed by atoms with Gasteiger partial charge < -0.3 is 21.0 Å². The summed E-state index contributed by atoms with van der Waals surface area (Å²) >= 11 is 0. The summed E-state index contributed by atoms with van der Waals surface area (Å²) in [5.74, 6) is 5.41. The maximum atomic E-state index is 13.3. The Morgan fingerprint density at radius 3 is 2.53 bits per heavy atom. The molecule has 3 N–H and O–H groups in total. The molecule has 2 amide bonds. The Morgan fingerprint density at radius 2 is 1.86 bits per heavy atom. The molecule has 2 aromatic rings. The van der Waals surface area contributed by atoms with Gasteiger partial charge in [0.15, 0.2) is 0 Å². The highest BCUT2D eigenvalue weighted by atomic mass is 16.2. The lowest BCUT2D eigenvalue weighted by Crippen LogP contribution is -2.29. The number of rotatable bonds is 7. The van der Waals surface area contributed by atoms with Crippen molar-refractivity contribution in [2.24, 2.45) is 16.2 Å². The number of allylic oxidation sites excluding steroid dienone is 1. The van der Waals surface area contributed by atoms with Crippen LogP contribution in [-0.4, -0.2) is 47.4 Å². The highest BCUT2D eigenvalue weighted by Gasteiger charge is 2.24. The smallest absolute Gasteiger partial charge is 0.253 e. The molecule has 0 spiro atoms. The van der Waals surface area contributed by atoms with Crippen molar-refractivity contribution < 1.29 is 9.59 Å². The van der Waals surface area contributed by atoms with E-state index in [0.717, 1.165) is 54.7 Å². The van der Waals surface area contributed by atoms with Crippen molar-refractivity contribution in [2.75, 3.05) is 25.0 Å². The number of carbonyl (C=O) groups is 2. The molecule has 188 valence electrons. The van der Waals surface area contributed by atoms with Gasteiger partial charge in [0.2, 0.25) is 0 Å². The number of nitrogens with two attached hydrogens (primary N) is 1. The summed E-state index contributed by atoms with van der Waals surface area (Å²) in [6, 6.07) is 13.8. The van der Waals surface area contributed by atoms with E-state index in [1.54, 1.807) is 4.90 Å². The third kappa shape index (κ3) is 5.64. The van der Waals surface area contributed by atoms with E-state index in [0.29, 0.717) is 24.1 Å². The molecule has 0 aromatic heterocycles. The summed E-state index contributed by atoms with van der Waals surface area (Å²) < 4.78 is 0. The molecule has 0 radical (unpaired) electrons. The van der Waals surface area contributed by atoms with E-state index in [2.05, 4.69) is 15.7 Å². The van der Waals surface area contributed by atoms with Gasteiger partial charge in [-0.3, -0.25) is 9.59 Å². The first kappa shape index (κ1) is 25.2. The quantitative estimate of drug-likeness (QED) is 0.318. The molecule has 36 heavy (non-hydrogen) atoms. The van der Waals surface area contributed by atoms with Gasteiger partial charge in [-0.05, 0) is 67.2 Å². The number of anilines is 1. The molecule has 2 aliphatic rings. The van der Waals surface area contributed by atoms with Gasteiger partial charge >= 0.3 is 0 Å². The van der Waals surface area contributed by atoms with E-state index in [9.17, 15) is 9.59 Å². The Hall–Kier alpha value is -3.94. The third-order valence-electron chi connectivity index (χ3n) is 6.51. The Labute approximate surface area is 212 Å². The second-order valence-corrected chi connectivity index (χ2v) is 9.12. The first-order valence-corrected chi connectivity index (χ1v) is 12.6. The van der Waals surface area contributed by atoms with E-state index in [1.165, 1.54) is 0 Å². The molecule has 8 heteroatoms. The molecule has 8 nitrogen and oxygen atoms in total. The number of carbonyl (C=O) groups excluding carboxylic acids is 2. The van der Waals surface area contributed by atoms with Crippen LogP contribution in [0.25, 0.3) is 17.2 Å². The Bertz CT molecular complexity index is 1180. The minimum Gasteiger partial charge on any atom is -0.361 e. The average Bonchev–Trinajstić information content (AvgIpc) is 3.37. The van der Waals surface area contributed by atoms with E-state index in [4.69, 9.17) is 5.84 Å². The van der Waals surface area contributed by atoms with Gasteiger partial charge in [0.1, 0.15) is 6.17 Å². The molecular formula is C28H34N6O2. The molecule has 1 saturated heterocycles. The number of likely N-dealkylation sites (tertiary alicyclic amines) is 1. The normalized spacial score (nSPS) is 17.6. The molecule has 4 rings (SSSR count). The Balaban J connectivity index is 1.62. The van der Waals surface area contributed by atoms with Gasteiger partial charge in [-0.2, -0.15) is 0 Å². The first-order valence-electron chi connectivity index (χ1n) is 12.6. The van der Waals surface area contributed by atoms with Crippen molar-refractivity contribution in [3.05, 3.63) is 71.4 Å². The van der Waals surface area contributed by atoms with Crippen LogP contribution in [0.2, 0.25) is 0 Å². The standard InChI is InChI=1S/C28H34N6O2/c1-3-13-33(14-4-2)28(36)24-17-23-12-11-22(18-25(23)30-26(19-24)31-32-29)20-7-9-21(10-8-20)27(35)34-15-5-6-16-34/h3,7-13,17-18,26,30H,4-6,14-16,19H2,1-2H3,(H2,29,31). The summed E-state index contributed by atoms with van der Waals surface area (Å²) in [7, 11) is 0. The van der Waals surface area contributed by atoms with Crippen molar-refractivity contribution in [3.8, 4) is 11.1 Å². The number of amides is 2. The van der Waals surface area contributed by atoms with Crippen LogP contribution < -0.4 is 11.2 Å².